The number of para-hydroxylation sites is 1. The first-order valence-electron chi connectivity index (χ1n) is 11.4. The molecule has 0 spiro atoms. The Morgan fingerprint density at radius 2 is 1.80 bits per heavy atom. The van der Waals surface area contributed by atoms with Gasteiger partial charge in [0.25, 0.3) is 0 Å². The third-order valence-corrected chi connectivity index (χ3v) is 8.87. The molecule has 3 aliphatic rings. The van der Waals surface area contributed by atoms with Crippen molar-refractivity contribution in [3.63, 3.8) is 0 Å². The number of carbonyl (C=O) groups is 1. The zero-order chi connectivity index (χ0) is 25.0. The number of fused-ring (bicyclic) bond motifs is 5. The molecular formula is C24H24F4N2O4S. The third-order valence-electron chi connectivity index (χ3n) is 6.91. The number of piperidine rings is 1. The molecule has 5 rings (SSSR count). The molecule has 2 heterocycles. The predicted molar refractivity (Wildman–Crippen MR) is 120 cm³/mol. The van der Waals surface area contributed by atoms with Gasteiger partial charge in [-0.15, -0.1) is 0 Å². The molecule has 2 aliphatic heterocycles. The number of amides is 1. The van der Waals surface area contributed by atoms with Crippen molar-refractivity contribution in [3.8, 4) is 16.9 Å². The molecule has 0 unspecified atom stereocenters. The normalized spacial score (nSPS) is 26.0. The van der Waals surface area contributed by atoms with Gasteiger partial charge in [0.05, 0.1) is 25.1 Å². The second kappa shape index (κ2) is 8.77. The Kier molecular flexibility index (Phi) is 6.03. The van der Waals surface area contributed by atoms with Crippen LogP contribution in [0.4, 0.5) is 17.6 Å². The van der Waals surface area contributed by atoms with Gasteiger partial charge in [0.2, 0.25) is 20.9 Å². The first-order valence-corrected chi connectivity index (χ1v) is 12.9. The maximum atomic E-state index is 15.7. The zero-order valence-electron chi connectivity index (χ0n) is 18.6. The van der Waals surface area contributed by atoms with Crippen LogP contribution in [0, 0.1) is 11.6 Å². The van der Waals surface area contributed by atoms with Gasteiger partial charge in [0.1, 0.15) is 12.0 Å². The van der Waals surface area contributed by atoms with Crippen LogP contribution < -0.4 is 9.46 Å². The molecule has 2 bridgehead atoms. The van der Waals surface area contributed by atoms with Gasteiger partial charge in [-0.1, -0.05) is 30.3 Å². The van der Waals surface area contributed by atoms with Crippen molar-refractivity contribution >= 4 is 15.9 Å². The number of sulfonamides is 1. The summed E-state index contributed by atoms with van der Waals surface area (Å²) < 4.78 is 92.7. The summed E-state index contributed by atoms with van der Waals surface area (Å²) in [5.41, 5.74) is 0.299. The number of nitrogens with zero attached hydrogens (tertiary/aromatic N) is 1. The molecule has 2 aromatic rings. The summed E-state index contributed by atoms with van der Waals surface area (Å²) >= 11 is 0. The molecule has 3 atom stereocenters. The number of carbonyl (C=O) groups excluding carboxylic acids is 1. The summed E-state index contributed by atoms with van der Waals surface area (Å²) in [6.45, 7) is -0.254. The van der Waals surface area contributed by atoms with Crippen LogP contribution >= 0.6 is 0 Å². The standard InChI is InChI=1S/C24H24F4N2O4S/c25-17-7-11-30-19(22(17)29-35(32,33)24(28)9-10-24)13-14-3-1-4-15(21(14)27)16-5-2-6-18(26)23(16)34-12-8-20(30)31/h1-6,17,19,22,29H,7-13H2/t17-,19-,22-/m0/s1. The van der Waals surface area contributed by atoms with Crippen molar-refractivity contribution in [2.45, 2.75) is 55.4 Å². The van der Waals surface area contributed by atoms with Crippen molar-refractivity contribution in [1.82, 2.24) is 9.62 Å². The Hall–Kier alpha value is -2.66. The van der Waals surface area contributed by atoms with E-state index in [0.29, 0.717) is 0 Å². The summed E-state index contributed by atoms with van der Waals surface area (Å²) in [5, 5.41) is -2.46. The van der Waals surface area contributed by atoms with E-state index in [1.54, 1.807) is 0 Å². The van der Waals surface area contributed by atoms with Crippen LogP contribution in [0.15, 0.2) is 36.4 Å². The highest BCUT2D eigenvalue weighted by molar-refractivity contribution is 7.91. The van der Waals surface area contributed by atoms with E-state index in [0.717, 1.165) is 0 Å². The third kappa shape index (κ3) is 4.29. The maximum absolute atomic E-state index is 15.7. The van der Waals surface area contributed by atoms with Crippen molar-refractivity contribution in [2.75, 3.05) is 13.2 Å². The average Bonchev–Trinajstić information content (AvgIpc) is 3.57. The lowest BCUT2D eigenvalue weighted by Gasteiger charge is -2.43. The highest BCUT2D eigenvalue weighted by Crippen LogP contribution is 2.45. The highest BCUT2D eigenvalue weighted by Gasteiger charge is 2.57. The summed E-state index contributed by atoms with van der Waals surface area (Å²) in [5.74, 6) is -2.09. The van der Waals surface area contributed by atoms with Crippen LogP contribution in [-0.2, 0) is 21.2 Å². The molecule has 1 amide bonds. The van der Waals surface area contributed by atoms with E-state index < -0.39 is 50.8 Å². The number of hydrogen-bond donors (Lipinski definition) is 1. The summed E-state index contributed by atoms with van der Waals surface area (Å²) in [4.78, 5) is 14.4. The van der Waals surface area contributed by atoms with Gasteiger partial charge in [-0.25, -0.2) is 30.7 Å². The van der Waals surface area contributed by atoms with Gasteiger partial charge in [0.15, 0.2) is 11.6 Å². The minimum absolute atomic E-state index is 0.0318. The van der Waals surface area contributed by atoms with E-state index >= 15 is 8.78 Å². The number of benzene rings is 2. The van der Waals surface area contributed by atoms with E-state index in [-0.39, 0.29) is 67.7 Å². The molecule has 0 aromatic heterocycles. The lowest BCUT2D eigenvalue weighted by molar-refractivity contribution is -0.137. The molecule has 0 radical (unpaired) electrons. The fourth-order valence-corrected chi connectivity index (χ4v) is 6.33. The molecule has 35 heavy (non-hydrogen) atoms. The number of alkyl halides is 2. The smallest absolute Gasteiger partial charge is 0.247 e. The molecular weight excluding hydrogens is 488 g/mol. The average molecular weight is 513 g/mol. The van der Waals surface area contributed by atoms with Crippen LogP contribution in [0.3, 0.4) is 0 Å². The van der Waals surface area contributed by atoms with Gasteiger partial charge in [0, 0.05) is 30.5 Å². The number of hydrogen-bond acceptors (Lipinski definition) is 4. The lowest BCUT2D eigenvalue weighted by Crippen LogP contribution is -2.63. The summed E-state index contributed by atoms with van der Waals surface area (Å²) in [6.07, 6.45) is -2.66. The van der Waals surface area contributed by atoms with E-state index in [1.165, 1.54) is 41.3 Å². The van der Waals surface area contributed by atoms with Gasteiger partial charge < -0.3 is 9.64 Å². The van der Waals surface area contributed by atoms with Gasteiger partial charge >= 0.3 is 0 Å². The minimum Gasteiger partial charge on any atom is -0.489 e. The van der Waals surface area contributed by atoms with Gasteiger partial charge in [-0.05, 0) is 24.5 Å². The number of ether oxygens (including phenoxy) is 1. The summed E-state index contributed by atoms with van der Waals surface area (Å²) in [7, 11) is -4.52. The molecule has 1 saturated carbocycles. The minimum atomic E-state index is -4.52. The van der Waals surface area contributed by atoms with Crippen molar-refractivity contribution in [2.24, 2.45) is 0 Å². The van der Waals surface area contributed by atoms with E-state index in [4.69, 9.17) is 4.74 Å². The van der Waals surface area contributed by atoms with E-state index in [2.05, 4.69) is 4.72 Å². The Bertz CT molecular complexity index is 1270. The fraction of sp³-hybridized carbons (Fsp3) is 0.458. The molecule has 1 N–H and O–H groups in total. The first-order chi connectivity index (χ1) is 16.6. The zero-order valence-corrected chi connectivity index (χ0v) is 19.5. The van der Waals surface area contributed by atoms with Crippen LogP contribution in [0.2, 0.25) is 0 Å². The number of nitrogens with one attached hydrogen (secondary N) is 1. The number of rotatable bonds is 3. The molecule has 1 saturated heterocycles. The van der Waals surface area contributed by atoms with Crippen molar-refractivity contribution < 1.29 is 35.5 Å². The fourth-order valence-electron chi connectivity index (χ4n) is 4.82. The highest BCUT2D eigenvalue weighted by atomic mass is 32.2. The van der Waals surface area contributed by atoms with E-state index in [1.807, 2.05) is 0 Å². The summed E-state index contributed by atoms with van der Waals surface area (Å²) in [6, 6.07) is 5.95. The Morgan fingerprint density at radius 1 is 1.09 bits per heavy atom. The van der Waals surface area contributed by atoms with Gasteiger partial charge in [-0.3, -0.25) is 4.79 Å². The molecule has 2 fully saturated rings. The largest absolute Gasteiger partial charge is 0.489 e. The Balaban J connectivity index is 1.59. The quantitative estimate of drug-likeness (QED) is 0.638. The Labute approximate surface area is 200 Å². The SMILES string of the molecule is O=C1CCOc2c(F)cccc2-c2cccc(c2F)C[C@H]2[C@@H](NS(=O)(=O)C3(F)CC3)[C@@H](F)CCN12. The lowest BCUT2D eigenvalue weighted by atomic mass is 9.88. The molecule has 11 heteroatoms. The van der Waals surface area contributed by atoms with Crippen molar-refractivity contribution in [1.29, 1.82) is 0 Å². The van der Waals surface area contributed by atoms with Crippen LogP contribution in [0.1, 0.15) is 31.2 Å². The number of halogens is 4. The monoisotopic (exact) mass is 512 g/mol. The van der Waals surface area contributed by atoms with Crippen molar-refractivity contribution in [3.05, 3.63) is 53.6 Å². The second-order valence-electron chi connectivity index (χ2n) is 9.19. The first kappa shape index (κ1) is 24.1. The maximum Gasteiger partial charge on any atom is 0.247 e. The molecule has 1 aliphatic carbocycles. The second-order valence-corrected chi connectivity index (χ2v) is 11.2. The predicted octanol–water partition coefficient (Wildman–Crippen LogP) is 3.64. The van der Waals surface area contributed by atoms with E-state index in [9.17, 15) is 22.0 Å². The topological polar surface area (TPSA) is 75.7 Å². The molecule has 2 aromatic carbocycles. The van der Waals surface area contributed by atoms with Crippen LogP contribution in [0.5, 0.6) is 5.75 Å². The molecule has 188 valence electrons. The Morgan fingerprint density at radius 3 is 2.54 bits per heavy atom. The van der Waals surface area contributed by atoms with Crippen LogP contribution in [-0.4, -0.2) is 55.6 Å². The van der Waals surface area contributed by atoms with Crippen LogP contribution in [0.25, 0.3) is 11.1 Å². The van der Waals surface area contributed by atoms with Gasteiger partial charge in [-0.2, -0.15) is 0 Å². The molecule has 6 nitrogen and oxygen atoms in total.